The Morgan fingerprint density at radius 2 is 1.72 bits per heavy atom. The van der Waals surface area contributed by atoms with Crippen LogP contribution < -0.4 is 20.4 Å². The Bertz CT molecular complexity index is 1750. The number of hydrogen-bond acceptors (Lipinski definition) is 7. The minimum atomic E-state index is -3.22. The van der Waals surface area contributed by atoms with Crippen molar-refractivity contribution in [3.05, 3.63) is 101 Å². The number of fused-ring (bicyclic) bond motifs is 1. The van der Waals surface area contributed by atoms with Gasteiger partial charge in [0.2, 0.25) is 5.91 Å². The molecule has 0 spiro atoms. The largest absolute Gasteiger partial charge is 0.489 e. The Kier molecular flexibility index (Phi) is 8.53. The summed E-state index contributed by atoms with van der Waals surface area (Å²) in [5, 5.41) is 23.3. The molecule has 0 aromatic heterocycles. The number of ether oxygens (including phenoxy) is 1. The number of benzene rings is 3. The number of halogens is 2. The van der Waals surface area contributed by atoms with Crippen molar-refractivity contribution in [1.29, 1.82) is 5.26 Å². The number of nitrogens with zero attached hydrogens (tertiary/aromatic N) is 4. The SMILES string of the molecule is CC1=CN2NC[C@H](C(=O)Nc3ccc(OC4CCN(C(=O)O)CC4)c(C#N)c3)C2C(=O)N1c1ccc(C(F)(F)c2ccccc2)cc1. The molecular formula is C34H32F2N6O5. The predicted octanol–water partition coefficient (Wildman–Crippen LogP) is 4.87. The normalized spacial score (nSPS) is 19.9. The number of carboxylic acid groups (broad SMARTS) is 1. The van der Waals surface area contributed by atoms with Gasteiger partial charge in [-0.05, 0) is 37.3 Å². The molecule has 3 aromatic rings. The number of hydrogen-bond donors (Lipinski definition) is 3. The fraction of sp³-hybridized carbons (Fsp3) is 0.294. The van der Waals surface area contributed by atoms with Crippen LogP contribution in [-0.2, 0) is 15.5 Å². The number of carbonyl (C=O) groups excluding carboxylic acids is 2. The zero-order valence-electron chi connectivity index (χ0n) is 25.4. The van der Waals surface area contributed by atoms with Gasteiger partial charge in [0.25, 0.3) is 11.8 Å². The molecule has 0 bridgehead atoms. The molecule has 13 heteroatoms. The van der Waals surface area contributed by atoms with Gasteiger partial charge in [-0.3, -0.25) is 14.5 Å². The Morgan fingerprint density at radius 3 is 2.38 bits per heavy atom. The Morgan fingerprint density at radius 1 is 1.04 bits per heavy atom. The van der Waals surface area contributed by atoms with Gasteiger partial charge in [0, 0.05) is 66.9 Å². The quantitative estimate of drug-likeness (QED) is 0.332. The van der Waals surface area contributed by atoms with E-state index < -0.39 is 35.8 Å². The molecule has 3 amide bonds. The summed E-state index contributed by atoms with van der Waals surface area (Å²) in [6.07, 6.45) is 1.46. The first-order valence-electron chi connectivity index (χ1n) is 15.1. The molecule has 2 fully saturated rings. The zero-order valence-corrected chi connectivity index (χ0v) is 25.4. The monoisotopic (exact) mass is 642 g/mol. The summed E-state index contributed by atoms with van der Waals surface area (Å²) in [4.78, 5) is 41.3. The van der Waals surface area contributed by atoms with Gasteiger partial charge in [-0.25, -0.2) is 10.2 Å². The standard InChI is InChI=1S/C34H32F2N6O5/c1-21-20-41-30(32(44)42(21)26-10-7-24(8-11-26)34(35,36)23-5-3-2-4-6-23)28(19-38-41)31(43)39-25-9-12-29(22(17-25)18-37)47-27-13-15-40(16-14-27)33(45)46/h2-12,17,20,27-28,30,38H,13-16,19H2,1H3,(H,39,43)(H,45,46)/t28-,30?/m0/s1. The number of nitriles is 1. The lowest BCUT2D eigenvalue weighted by Crippen LogP contribution is -2.53. The summed E-state index contributed by atoms with van der Waals surface area (Å²) in [6.45, 7) is 2.57. The van der Waals surface area contributed by atoms with E-state index in [4.69, 9.17) is 9.84 Å². The van der Waals surface area contributed by atoms with Gasteiger partial charge < -0.3 is 25.1 Å². The van der Waals surface area contributed by atoms with Gasteiger partial charge in [-0.1, -0.05) is 42.5 Å². The molecule has 2 saturated heterocycles. The third-order valence-electron chi connectivity index (χ3n) is 8.66. The van der Waals surface area contributed by atoms with E-state index in [-0.39, 0.29) is 29.3 Å². The molecule has 6 rings (SSSR count). The molecule has 3 N–H and O–H groups in total. The number of piperidine rings is 1. The van der Waals surface area contributed by atoms with Gasteiger partial charge >= 0.3 is 6.09 Å². The fourth-order valence-corrected chi connectivity index (χ4v) is 6.17. The molecule has 47 heavy (non-hydrogen) atoms. The molecule has 3 heterocycles. The first-order chi connectivity index (χ1) is 22.6. The third-order valence-corrected chi connectivity index (χ3v) is 8.66. The Hall–Kier alpha value is -5.48. The maximum absolute atomic E-state index is 15.1. The summed E-state index contributed by atoms with van der Waals surface area (Å²) < 4.78 is 36.2. The van der Waals surface area contributed by atoms with E-state index in [1.807, 2.05) is 0 Å². The van der Waals surface area contributed by atoms with Crippen LogP contribution in [0, 0.1) is 17.2 Å². The summed E-state index contributed by atoms with van der Waals surface area (Å²) >= 11 is 0. The van der Waals surface area contributed by atoms with Crippen molar-refractivity contribution >= 4 is 29.3 Å². The highest BCUT2D eigenvalue weighted by molar-refractivity contribution is 6.05. The number of rotatable bonds is 7. The summed E-state index contributed by atoms with van der Waals surface area (Å²) in [7, 11) is 0. The van der Waals surface area contributed by atoms with Crippen molar-refractivity contribution in [3.63, 3.8) is 0 Å². The second kappa shape index (κ2) is 12.7. The van der Waals surface area contributed by atoms with Gasteiger partial charge in [0.05, 0.1) is 11.5 Å². The van der Waals surface area contributed by atoms with Gasteiger partial charge in [0.1, 0.15) is 24.0 Å². The van der Waals surface area contributed by atoms with E-state index in [9.17, 15) is 19.6 Å². The lowest BCUT2D eigenvalue weighted by atomic mass is 9.96. The van der Waals surface area contributed by atoms with E-state index in [2.05, 4.69) is 16.8 Å². The topological polar surface area (TPSA) is 138 Å². The molecular weight excluding hydrogens is 610 g/mol. The van der Waals surface area contributed by atoms with Crippen molar-refractivity contribution in [1.82, 2.24) is 15.3 Å². The van der Waals surface area contributed by atoms with Gasteiger partial charge in [0.15, 0.2) is 0 Å². The molecule has 0 saturated carbocycles. The van der Waals surface area contributed by atoms with Crippen LogP contribution in [0.2, 0.25) is 0 Å². The van der Waals surface area contributed by atoms with Crippen LogP contribution in [0.3, 0.4) is 0 Å². The molecule has 242 valence electrons. The first kappa shape index (κ1) is 31.5. The second-order valence-corrected chi connectivity index (χ2v) is 11.7. The number of allylic oxidation sites excluding steroid dienone is 1. The average Bonchev–Trinajstić information content (AvgIpc) is 3.50. The molecule has 2 atom stereocenters. The summed E-state index contributed by atoms with van der Waals surface area (Å²) in [5.41, 5.74) is 4.22. The minimum absolute atomic E-state index is 0.137. The van der Waals surface area contributed by atoms with Crippen molar-refractivity contribution in [2.24, 2.45) is 5.92 Å². The molecule has 0 radical (unpaired) electrons. The van der Waals surface area contributed by atoms with Crippen molar-refractivity contribution in [2.45, 2.75) is 37.8 Å². The zero-order chi connectivity index (χ0) is 33.3. The van der Waals surface area contributed by atoms with Crippen LogP contribution in [0.25, 0.3) is 0 Å². The van der Waals surface area contributed by atoms with Crippen LogP contribution >= 0.6 is 0 Å². The maximum atomic E-state index is 15.1. The number of alkyl halides is 2. The molecule has 0 aliphatic carbocycles. The number of hydrazine groups is 1. The van der Waals surface area contributed by atoms with Crippen LogP contribution in [0.15, 0.2) is 84.7 Å². The molecule has 11 nitrogen and oxygen atoms in total. The number of likely N-dealkylation sites (tertiary alicyclic amines) is 1. The van der Waals surface area contributed by atoms with Crippen LogP contribution in [0.5, 0.6) is 5.75 Å². The lowest BCUT2D eigenvalue weighted by Gasteiger charge is -2.36. The molecule has 1 unspecified atom stereocenters. The molecule has 3 aliphatic heterocycles. The highest BCUT2D eigenvalue weighted by atomic mass is 19.3. The fourth-order valence-electron chi connectivity index (χ4n) is 6.17. The number of carbonyl (C=O) groups is 3. The van der Waals surface area contributed by atoms with E-state index in [0.717, 1.165) is 0 Å². The number of anilines is 2. The lowest BCUT2D eigenvalue weighted by molar-refractivity contribution is -0.129. The number of nitrogens with one attached hydrogen (secondary N) is 2. The smallest absolute Gasteiger partial charge is 0.407 e. The summed E-state index contributed by atoms with van der Waals surface area (Å²) in [5.74, 6) is -4.53. The van der Waals surface area contributed by atoms with E-state index in [0.29, 0.717) is 48.8 Å². The van der Waals surface area contributed by atoms with Crippen LogP contribution in [0.1, 0.15) is 36.5 Å². The van der Waals surface area contributed by atoms with Gasteiger partial charge in [-0.2, -0.15) is 14.0 Å². The predicted molar refractivity (Wildman–Crippen MR) is 167 cm³/mol. The van der Waals surface area contributed by atoms with Crippen LogP contribution in [-0.4, -0.2) is 64.7 Å². The van der Waals surface area contributed by atoms with Crippen molar-refractivity contribution in [2.75, 3.05) is 29.9 Å². The number of amides is 3. The highest BCUT2D eigenvalue weighted by Crippen LogP contribution is 2.38. The second-order valence-electron chi connectivity index (χ2n) is 11.7. The van der Waals surface area contributed by atoms with Gasteiger partial charge in [-0.15, -0.1) is 0 Å². The Labute approximate surface area is 269 Å². The highest BCUT2D eigenvalue weighted by Gasteiger charge is 2.47. The van der Waals surface area contributed by atoms with E-state index in [1.54, 1.807) is 48.5 Å². The van der Waals surface area contributed by atoms with E-state index in [1.165, 1.54) is 52.3 Å². The molecule has 3 aromatic carbocycles. The first-order valence-corrected chi connectivity index (χ1v) is 15.1. The average molecular weight is 643 g/mol. The van der Waals surface area contributed by atoms with E-state index >= 15 is 8.78 Å². The maximum Gasteiger partial charge on any atom is 0.407 e. The van der Waals surface area contributed by atoms with Crippen LogP contribution in [0.4, 0.5) is 25.0 Å². The molecule has 3 aliphatic rings. The minimum Gasteiger partial charge on any atom is -0.489 e. The van der Waals surface area contributed by atoms with Crippen molar-refractivity contribution in [3.8, 4) is 11.8 Å². The Balaban J connectivity index is 1.14. The van der Waals surface area contributed by atoms with Crippen molar-refractivity contribution < 1.29 is 33.0 Å². The summed E-state index contributed by atoms with van der Waals surface area (Å²) in [6, 6.07) is 18.9. The third kappa shape index (κ3) is 6.19.